The van der Waals surface area contributed by atoms with Gasteiger partial charge in [0.15, 0.2) is 0 Å². The quantitative estimate of drug-likeness (QED) is 0.531. The van der Waals surface area contributed by atoms with Crippen molar-refractivity contribution >= 4 is 5.97 Å². The second-order valence-electron chi connectivity index (χ2n) is 8.44. The molecule has 0 bridgehead atoms. The van der Waals surface area contributed by atoms with E-state index in [9.17, 15) is 23.1 Å². The summed E-state index contributed by atoms with van der Waals surface area (Å²) in [7, 11) is 0. The monoisotopic (exact) mass is 450 g/mol. The van der Waals surface area contributed by atoms with Crippen molar-refractivity contribution in [3.05, 3.63) is 59.2 Å². The Kier molecular flexibility index (Phi) is 6.33. The normalized spacial score (nSPS) is 19.2. The molecule has 1 unspecified atom stereocenters. The van der Waals surface area contributed by atoms with Gasteiger partial charge in [-0.25, -0.2) is 0 Å². The molecule has 1 N–H and O–H groups in total. The molecule has 1 aliphatic carbocycles. The number of hydrogen-bond donors (Lipinski definition) is 1. The third-order valence-corrected chi connectivity index (χ3v) is 6.00. The summed E-state index contributed by atoms with van der Waals surface area (Å²) in [6.45, 7) is 0.787. The van der Waals surface area contributed by atoms with Crippen LogP contribution in [0.3, 0.4) is 0 Å². The van der Waals surface area contributed by atoms with Gasteiger partial charge in [0.25, 0.3) is 0 Å². The van der Waals surface area contributed by atoms with Gasteiger partial charge in [-0.15, -0.1) is 0 Å². The summed E-state index contributed by atoms with van der Waals surface area (Å²) >= 11 is 0. The summed E-state index contributed by atoms with van der Waals surface area (Å²) in [5.74, 6) is 0.360. The van der Waals surface area contributed by atoms with Crippen molar-refractivity contribution in [2.75, 3.05) is 19.8 Å². The SMILES string of the molecule is O=C(O)CC1(c2ccc(OC3CCc4ccc(OCCCC(F)(F)F)cc43)cc2)COC1. The summed E-state index contributed by atoms with van der Waals surface area (Å²) in [5, 5.41) is 9.20. The number of carbonyl (C=O) groups is 1. The summed E-state index contributed by atoms with van der Waals surface area (Å²) in [6, 6.07) is 13.0. The van der Waals surface area contributed by atoms with Crippen LogP contribution in [0.15, 0.2) is 42.5 Å². The Hall–Kier alpha value is -2.74. The van der Waals surface area contributed by atoms with E-state index in [4.69, 9.17) is 14.2 Å². The first-order valence-corrected chi connectivity index (χ1v) is 10.6. The van der Waals surface area contributed by atoms with Crippen LogP contribution < -0.4 is 9.47 Å². The molecule has 1 atom stereocenters. The van der Waals surface area contributed by atoms with Gasteiger partial charge in [0.1, 0.15) is 17.6 Å². The second-order valence-corrected chi connectivity index (χ2v) is 8.44. The number of alkyl halides is 3. The third-order valence-electron chi connectivity index (χ3n) is 6.00. The highest BCUT2D eigenvalue weighted by molar-refractivity contribution is 5.69. The number of carboxylic acid groups (broad SMARTS) is 1. The first-order valence-electron chi connectivity index (χ1n) is 10.6. The van der Waals surface area contributed by atoms with E-state index in [-0.39, 0.29) is 25.6 Å². The number of aliphatic carboxylic acids is 1. The lowest BCUT2D eigenvalue weighted by atomic mass is 9.76. The molecule has 8 heteroatoms. The maximum Gasteiger partial charge on any atom is 0.389 e. The average Bonchev–Trinajstić information content (AvgIpc) is 3.10. The lowest BCUT2D eigenvalue weighted by molar-refractivity contribution is -0.145. The third kappa shape index (κ3) is 5.18. The van der Waals surface area contributed by atoms with E-state index in [1.165, 1.54) is 0 Å². The number of rotatable bonds is 9. The van der Waals surface area contributed by atoms with Crippen LogP contribution in [-0.4, -0.2) is 37.1 Å². The van der Waals surface area contributed by atoms with Gasteiger partial charge in [-0.2, -0.15) is 13.2 Å². The number of ether oxygens (including phenoxy) is 3. The molecule has 0 amide bonds. The van der Waals surface area contributed by atoms with Gasteiger partial charge in [-0.05, 0) is 60.2 Å². The maximum absolute atomic E-state index is 12.3. The van der Waals surface area contributed by atoms with Gasteiger partial charge in [0.05, 0.1) is 31.7 Å². The summed E-state index contributed by atoms with van der Waals surface area (Å²) < 4.78 is 53.8. The van der Waals surface area contributed by atoms with E-state index in [1.54, 1.807) is 6.07 Å². The van der Waals surface area contributed by atoms with E-state index < -0.39 is 24.0 Å². The Bertz CT molecular complexity index is 951. The van der Waals surface area contributed by atoms with Crippen molar-refractivity contribution < 1.29 is 37.3 Å². The average molecular weight is 450 g/mol. The Balaban J connectivity index is 1.38. The van der Waals surface area contributed by atoms with Crippen molar-refractivity contribution in [1.29, 1.82) is 0 Å². The predicted octanol–water partition coefficient (Wildman–Crippen LogP) is 5.22. The highest BCUT2D eigenvalue weighted by Gasteiger charge is 2.42. The molecule has 0 aromatic heterocycles. The molecule has 1 heterocycles. The Morgan fingerprint density at radius 3 is 2.47 bits per heavy atom. The highest BCUT2D eigenvalue weighted by atomic mass is 19.4. The topological polar surface area (TPSA) is 65.0 Å². The number of aryl methyl sites for hydroxylation is 1. The summed E-state index contributed by atoms with van der Waals surface area (Å²) in [6.07, 6.45) is -3.61. The van der Waals surface area contributed by atoms with E-state index in [2.05, 4.69) is 0 Å². The maximum atomic E-state index is 12.3. The zero-order chi connectivity index (χ0) is 22.8. The molecule has 32 heavy (non-hydrogen) atoms. The van der Waals surface area contributed by atoms with E-state index in [0.717, 1.165) is 29.5 Å². The van der Waals surface area contributed by atoms with Gasteiger partial charge < -0.3 is 19.3 Å². The molecule has 1 fully saturated rings. The lowest BCUT2D eigenvalue weighted by Crippen LogP contribution is -2.48. The van der Waals surface area contributed by atoms with Gasteiger partial charge in [-0.3, -0.25) is 4.79 Å². The van der Waals surface area contributed by atoms with Crippen molar-refractivity contribution in [2.45, 2.75) is 49.8 Å². The summed E-state index contributed by atoms with van der Waals surface area (Å²) in [4.78, 5) is 11.2. The molecule has 1 aliphatic heterocycles. The number of hydrogen-bond acceptors (Lipinski definition) is 4. The van der Waals surface area contributed by atoms with Gasteiger partial charge in [0.2, 0.25) is 0 Å². The molecule has 172 valence electrons. The molecular formula is C24H25F3O5. The Labute approximate surface area is 184 Å². The molecule has 2 aliphatic rings. The first kappa shape index (κ1) is 22.5. The molecular weight excluding hydrogens is 425 g/mol. The molecule has 0 spiro atoms. The highest BCUT2D eigenvalue weighted by Crippen LogP contribution is 2.39. The standard InChI is InChI=1S/C24H25F3O5/c25-24(26,27)10-1-11-31-19-6-2-16-3-9-21(20(16)12-19)32-18-7-4-17(5-8-18)23(13-22(28)29)14-30-15-23/h2,4-8,12,21H,1,3,9-11,13-15H2,(H,28,29). The number of carboxylic acids is 1. The molecule has 2 aromatic carbocycles. The zero-order valence-electron chi connectivity index (χ0n) is 17.5. The van der Waals surface area contributed by atoms with Crippen LogP contribution in [0.2, 0.25) is 0 Å². The Morgan fingerprint density at radius 2 is 1.84 bits per heavy atom. The Morgan fingerprint density at radius 1 is 1.12 bits per heavy atom. The summed E-state index contributed by atoms with van der Waals surface area (Å²) in [5.41, 5.74) is 2.56. The molecule has 4 rings (SSSR count). The predicted molar refractivity (Wildman–Crippen MR) is 110 cm³/mol. The fraction of sp³-hybridized carbons (Fsp3) is 0.458. The second kappa shape index (κ2) is 9.02. The number of fused-ring (bicyclic) bond motifs is 1. The first-order chi connectivity index (χ1) is 15.2. The lowest BCUT2D eigenvalue weighted by Gasteiger charge is -2.40. The van der Waals surface area contributed by atoms with Crippen LogP contribution in [0.4, 0.5) is 13.2 Å². The van der Waals surface area contributed by atoms with Crippen LogP contribution in [0.1, 0.15) is 48.5 Å². The van der Waals surface area contributed by atoms with E-state index in [0.29, 0.717) is 24.7 Å². The fourth-order valence-electron chi connectivity index (χ4n) is 4.28. The smallest absolute Gasteiger partial charge is 0.389 e. The van der Waals surface area contributed by atoms with Crippen LogP contribution in [0.5, 0.6) is 11.5 Å². The minimum atomic E-state index is -4.17. The van der Waals surface area contributed by atoms with Crippen LogP contribution in [-0.2, 0) is 21.4 Å². The fourth-order valence-corrected chi connectivity index (χ4v) is 4.28. The molecule has 1 saturated heterocycles. The number of halogens is 3. The van der Waals surface area contributed by atoms with E-state index >= 15 is 0 Å². The molecule has 2 aromatic rings. The van der Waals surface area contributed by atoms with Crippen LogP contribution in [0.25, 0.3) is 0 Å². The van der Waals surface area contributed by atoms with Gasteiger partial charge in [-0.1, -0.05) is 18.2 Å². The van der Waals surface area contributed by atoms with Crippen LogP contribution >= 0.6 is 0 Å². The van der Waals surface area contributed by atoms with Crippen molar-refractivity contribution in [3.63, 3.8) is 0 Å². The van der Waals surface area contributed by atoms with Gasteiger partial charge >= 0.3 is 12.1 Å². The molecule has 0 radical (unpaired) electrons. The van der Waals surface area contributed by atoms with Crippen molar-refractivity contribution in [2.24, 2.45) is 0 Å². The van der Waals surface area contributed by atoms with E-state index in [1.807, 2.05) is 36.4 Å². The van der Waals surface area contributed by atoms with Crippen molar-refractivity contribution in [1.82, 2.24) is 0 Å². The molecule has 5 nitrogen and oxygen atoms in total. The zero-order valence-corrected chi connectivity index (χ0v) is 17.5. The van der Waals surface area contributed by atoms with Crippen LogP contribution in [0, 0.1) is 0 Å². The minimum absolute atomic E-state index is 0.00703. The number of benzene rings is 2. The largest absolute Gasteiger partial charge is 0.494 e. The molecule has 0 saturated carbocycles. The van der Waals surface area contributed by atoms with Gasteiger partial charge in [0, 0.05) is 6.42 Å². The minimum Gasteiger partial charge on any atom is -0.494 e. The van der Waals surface area contributed by atoms with Crippen molar-refractivity contribution in [3.8, 4) is 11.5 Å².